The smallest absolute Gasteiger partial charge is 0.407 e. The Morgan fingerprint density at radius 3 is 2.10 bits per heavy atom. The SMILES string of the molecule is C[C@H](CCC(=O)O)NC(=O)OCCCCCNC(=O)CCC(=O)NC(CCCCNC(=O)c1ccc([125I])cc1)C(=O)O. The van der Waals surface area contributed by atoms with Gasteiger partial charge in [-0.1, -0.05) is 0 Å². The van der Waals surface area contributed by atoms with Crippen LogP contribution in [-0.2, 0) is 23.9 Å². The number of hydrogen-bond donors (Lipinski definition) is 6. The molecule has 0 saturated heterocycles. The fraction of sp³-hybridized carbons (Fsp3) is 0.571. The maximum absolute atomic E-state index is 12.2. The summed E-state index contributed by atoms with van der Waals surface area (Å²) in [7, 11) is 0. The van der Waals surface area contributed by atoms with E-state index >= 15 is 0 Å². The van der Waals surface area contributed by atoms with Crippen molar-refractivity contribution in [1.82, 2.24) is 21.3 Å². The van der Waals surface area contributed by atoms with Crippen LogP contribution in [0, 0.1) is 3.57 Å². The van der Waals surface area contributed by atoms with Gasteiger partial charge < -0.3 is 36.2 Å². The van der Waals surface area contributed by atoms with Crippen LogP contribution < -0.4 is 21.3 Å². The van der Waals surface area contributed by atoms with Crippen molar-refractivity contribution in [2.45, 2.75) is 83.2 Å². The highest BCUT2D eigenvalue weighted by atomic mass is 125. The molecule has 1 unspecified atom stereocenters. The summed E-state index contributed by atoms with van der Waals surface area (Å²) in [4.78, 5) is 70.0. The third-order valence-electron chi connectivity index (χ3n) is 6.06. The lowest BCUT2D eigenvalue weighted by Gasteiger charge is -2.14. The molecule has 42 heavy (non-hydrogen) atoms. The van der Waals surface area contributed by atoms with Crippen molar-refractivity contribution in [2.75, 3.05) is 19.7 Å². The molecule has 0 aliphatic rings. The summed E-state index contributed by atoms with van der Waals surface area (Å²) in [6, 6.07) is 5.74. The van der Waals surface area contributed by atoms with E-state index in [4.69, 9.17) is 9.84 Å². The summed E-state index contributed by atoms with van der Waals surface area (Å²) in [5, 5.41) is 28.5. The zero-order valence-electron chi connectivity index (χ0n) is 23.8. The lowest BCUT2D eigenvalue weighted by Crippen LogP contribution is -2.41. The van der Waals surface area contributed by atoms with E-state index in [1.54, 1.807) is 19.1 Å². The largest absolute Gasteiger partial charge is 0.481 e. The molecule has 6 N–H and O–H groups in total. The van der Waals surface area contributed by atoms with Crippen LogP contribution in [0.4, 0.5) is 4.79 Å². The van der Waals surface area contributed by atoms with Gasteiger partial charge in [0.05, 0.1) is 6.61 Å². The van der Waals surface area contributed by atoms with Crippen molar-refractivity contribution >= 4 is 58.3 Å². The number of carboxylic acid groups (broad SMARTS) is 2. The lowest BCUT2D eigenvalue weighted by atomic mass is 10.1. The minimum atomic E-state index is -1.16. The average Bonchev–Trinajstić information content (AvgIpc) is 2.93. The van der Waals surface area contributed by atoms with Crippen molar-refractivity contribution in [1.29, 1.82) is 0 Å². The highest BCUT2D eigenvalue weighted by Crippen LogP contribution is 2.07. The minimum absolute atomic E-state index is 0.0421. The Hall–Kier alpha value is -3.43. The van der Waals surface area contributed by atoms with Gasteiger partial charge in [-0.05, 0) is 98.7 Å². The Morgan fingerprint density at radius 2 is 1.43 bits per heavy atom. The molecule has 0 aromatic heterocycles. The molecule has 0 saturated carbocycles. The van der Waals surface area contributed by atoms with Crippen LogP contribution in [0.15, 0.2) is 24.3 Å². The molecule has 13 nitrogen and oxygen atoms in total. The predicted molar refractivity (Wildman–Crippen MR) is 162 cm³/mol. The first-order chi connectivity index (χ1) is 20.0. The standard InChI is InChI=1S/C28H41IN4O9/c1-19(8-15-25(36)37)32-28(41)42-18-6-2-4-16-30-23(34)13-14-24(35)33-22(27(39)40)7-3-5-17-31-26(38)20-9-11-21(29)12-10-20/h9-12,19,22H,2-8,13-18H2,1H3,(H,30,34)(H,31,38)(H,32,41)(H,33,35)(H,36,37)(H,39,40)/t19-,22?/m1/s1/i29-2. The van der Waals surface area contributed by atoms with E-state index in [1.807, 2.05) is 12.1 Å². The van der Waals surface area contributed by atoms with Gasteiger partial charge >= 0.3 is 18.0 Å². The third kappa shape index (κ3) is 18.1. The van der Waals surface area contributed by atoms with Gasteiger partial charge in [-0.2, -0.15) is 0 Å². The fourth-order valence-corrected chi connectivity index (χ4v) is 4.03. The predicted octanol–water partition coefficient (Wildman–Crippen LogP) is 2.81. The molecule has 1 aromatic rings. The molecule has 0 heterocycles. The van der Waals surface area contributed by atoms with E-state index in [0.717, 1.165) is 3.57 Å². The highest BCUT2D eigenvalue weighted by molar-refractivity contribution is 14.1. The Balaban J connectivity index is 2.11. The van der Waals surface area contributed by atoms with Gasteiger partial charge in [-0.15, -0.1) is 0 Å². The van der Waals surface area contributed by atoms with Gasteiger partial charge in [0.1, 0.15) is 6.04 Å². The average molecular weight is 703 g/mol. The van der Waals surface area contributed by atoms with Gasteiger partial charge in [0.2, 0.25) is 11.8 Å². The Bertz CT molecular complexity index is 1040. The van der Waals surface area contributed by atoms with Gasteiger partial charge in [0.15, 0.2) is 0 Å². The van der Waals surface area contributed by atoms with Crippen molar-refractivity contribution in [3.8, 4) is 0 Å². The lowest BCUT2D eigenvalue weighted by molar-refractivity contribution is -0.142. The molecule has 14 heteroatoms. The molecule has 0 aliphatic heterocycles. The Kier molecular flexibility index (Phi) is 18.6. The Morgan fingerprint density at radius 1 is 0.786 bits per heavy atom. The van der Waals surface area contributed by atoms with E-state index in [-0.39, 0.29) is 50.1 Å². The molecule has 2 atom stereocenters. The maximum atomic E-state index is 12.2. The van der Waals surface area contributed by atoms with Crippen molar-refractivity contribution in [3.63, 3.8) is 0 Å². The molecule has 1 aromatic carbocycles. The van der Waals surface area contributed by atoms with Crippen molar-refractivity contribution < 1.29 is 43.7 Å². The summed E-state index contributed by atoms with van der Waals surface area (Å²) >= 11 is 2.15. The van der Waals surface area contributed by atoms with Gasteiger partial charge in [0, 0.05) is 47.5 Å². The van der Waals surface area contributed by atoms with E-state index in [2.05, 4.69) is 43.9 Å². The van der Waals surface area contributed by atoms with E-state index in [9.17, 15) is 33.9 Å². The van der Waals surface area contributed by atoms with Crippen molar-refractivity contribution in [3.05, 3.63) is 33.4 Å². The number of unbranched alkanes of at least 4 members (excludes halogenated alkanes) is 3. The second-order valence-electron chi connectivity index (χ2n) is 9.74. The molecule has 0 bridgehead atoms. The minimum Gasteiger partial charge on any atom is -0.481 e. The van der Waals surface area contributed by atoms with Crippen LogP contribution >= 0.6 is 22.6 Å². The van der Waals surface area contributed by atoms with Gasteiger partial charge in [-0.3, -0.25) is 19.2 Å². The normalized spacial score (nSPS) is 12.0. The van der Waals surface area contributed by atoms with Crippen LogP contribution in [0.5, 0.6) is 0 Å². The van der Waals surface area contributed by atoms with Crippen LogP contribution in [0.25, 0.3) is 0 Å². The van der Waals surface area contributed by atoms with Crippen LogP contribution in [0.2, 0.25) is 0 Å². The first-order valence-electron chi connectivity index (χ1n) is 14.0. The molecule has 1 rings (SSSR count). The quantitative estimate of drug-likeness (QED) is 0.0824. The number of rotatable bonds is 21. The highest BCUT2D eigenvalue weighted by Gasteiger charge is 2.20. The zero-order chi connectivity index (χ0) is 31.3. The second kappa shape index (κ2) is 21.3. The summed E-state index contributed by atoms with van der Waals surface area (Å²) in [6.07, 6.45) is 2.59. The van der Waals surface area contributed by atoms with Crippen molar-refractivity contribution in [2.24, 2.45) is 0 Å². The molecular formula is C28H41IN4O9. The molecule has 0 aliphatic carbocycles. The van der Waals surface area contributed by atoms with Crippen LogP contribution in [0.3, 0.4) is 0 Å². The molecule has 4 amide bonds. The molecule has 0 spiro atoms. The summed E-state index contributed by atoms with van der Waals surface area (Å²) in [6.45, 7) is 2.65. The number of hydrogen-bond acceptors (Lipinski definition) is 7. The number of carbonyl (C=O) groups excluding carboxylic acids is 4. The maximum Gasteiger partial charge on any atom is 0.407 e. The molecule has 234 valence electrons. The molecular weight excluding hydrogens is 661 g/mol. The topological polar surface area (TPSA) is 200 Å². The fourth-order valence-electron chi connectivity index (χ4n) is 3.67. The van der Waals surface area contributed by atoms with E-state index in [1.165, 1.54) is 0 Å². The number of carboxylic acids is 2. The monoisotopic (exact) mass is 702 g/mol. The number of nitrogens with one attached hydrogen (secondary N) is 4. The molecule has 0 fully saturated rings. The van der Waals surface area contributed by atoms with Crippen LogP contribution in [0.1, 0.15) is 81.5 Å². The number of carbonyl (C=O) groups is 6. The number of amides is 4. The second-order valence-corrected chi connectivity index (χ2v) is 11.0. The molecule has 0 radical (unpaired) electrons. The van der Waals surface area contributed by atoms with E-state index in [0.29, 0.717) is 57.2 Å². The number of alkyl carbamates (subject to hydrolysis) is 1. The number of ether oxygens (including phenoxy) is 1. The van der Waals surface area contributed by atoms with Crippen LogP contribution in [-0.4, -0.2) is 77.7 Å². The summed E-state index contributed by atoms with van der Waals surface area (Å²) < 4.78 is 6.06. The first kappa shape index (κ1) is 36.6. The van der Waals surface area contributed by atoms with Gasteiger partial charge in [0.25, 0.3) is 5.91 Å². The third-order valence-corrected chi connectivity index (χ3v) is 6.78. The number of halogens is 1. The number of benzene rings is 1. The Labute approximate surface area is 259 Å². The first-order valence-corrected chi connectivity index (χ1v) is 15.0. The van der Waals surface area contributed by atoms with E-state index < -0.39 is 30.0 Å². The number of aliphatic carboxylic acids is 2. The summed E-state index contributed by atoms with van der Waals surface area (Å²) in [5.41, 5.74) is 0.546. The summed E-state index contributed by atoms with van der Waals surface area (Å²) in [5.74, 6) is -3.15. The van der Waals surface area contributed by atoms with Gasteiger partial charge in [-0.25, -0.2) is 9.59 Å². The zero-order valence-corrected chi connectivity index (χ0v) is 25.9.